The molecule has 0 unspecified atom stereocenters. The van der Waals surface area contributed by atoms with E-state index in [1.807, 2.05) is 6.92 Å². The zero-order valence-electron chi connectivity index (χ0n) is 20.4. The number of benzene rings is 1. The zero-order valence-corrected chi connectivity index (χ0v) is 20.4. The summed E-state index contributed by atoms with van der Waals surface area (Å²) in [6.07, 6.45) is -7.25. The molecule has 0 bridgehead atoms. The van der Waals surface area contributed by atoms with E-state index in [0.717, 1.165) is 6.08 Å². The molecule has 0 saturated carbocycles. The molecule has 2 fully saturated rings. The van der Waals surface area contributed by atoms with E-state index in [4.69, 9.17) is 23.7 Å². The predicted octanol–water partition coefficient (Wildman–Crippen LogP) is -1.26. The van der Waals surface area contributed by atoms with Gasteiger partial charge >= 0.3 is 5.97 Å². The number of carbonyl (C=O) groups excluding carboxylic acids is 1. The summed E-state index contributed by atoms with van der Waals surface area (Å²) in [7, 11) is 0. The molecule has 0 aliphatic carbocycles. The van der Waals surface area contributed by atoms with Crippen molar-refractivity contribution in [3.63, 3.8) is 0 Å². The zero-order chi connectivity index (χ0) is 27.3. The molecule has 0 radical (unpaired) electrons. The third kappa shape index (κ3) is 7.16. The Morgan fingerprint density at radius 1 is 1.14 bits per heavy atom. The summed E-state index contributed by atoms with van der Waals surface area (Å²) in [6.45, 7) is 2.17. The van der Waals surface area contributed by atoms with Crippen LogP contribution in [0.4, 0.5) is 0 Å². The van der Waals surface area contributed by atoms with Gasteiger partial charge in [0.2, 0.25) is 0 Å². The Balaban J connectivity index is 1.50. The van der Waals surface area contributed by atoms with Gasteiger partial charge in [0.1, 0.15) is 37.1 Å². The van der Waals surface area contributed by atoms with Gasteiger partial charge in [0.05, 0.1) is 19.3 Å². The third-order valence-electron chi connectivity index (χ3n) is 6.22. The summed E-state index contributed by atoms with van der Waals surface area (Å²) in [5.74, 6) is -1.53. The molecule has 2 aliphatic heterocycles. The van der Waals surface area contributed by atoms with E-state index in [1.165, 1.54) is 24.3 Å². The molecule has 13 nitrogen and oxygen atoms in total. The largest absolute Gasteiger partial charge is 0.504 e. The maximum Gasteiger partial charge on any atom is 0.330 e. The number of phenols is 2. The second kappa shape index (κ2) is 12.5. The van der Waals surface area contributed by atoms with Crippen molar-refractivity contribution in [3.8, 4) is 11.5 Å². The molecule has 0 aromatic heterocycles. The maximum atomic E-state index is 12.0. The smallest absolute Gasteiger partial charge is 0.330 e. The van der Waals surface area contributed by atoms with Crippen molar-refractivity contribution in [1.29, 1.82) is 0 Å². The Morgan fingerprint density at radius 3 is 2.54 bits per heavy atom. The molecule has 3 rings (SSSR count). The number of rotatable bonds is 10. The Kier molecular flexibility index (Phi) is 9.86. The lowest BCUT2D eigenvalue weighted by Crippen LogP contribution is -2.60. The molecule has 0 amide bonds. The normalized spacial score (nSPS) is 35.1. The van der Waals surface area contributed by atoms with Crippen LogP contribution in [0.25, 0.3) is 6.08 Å². The summed E-state index contributed by atoms with van der Waals surface area (Å²) in [5, 5.41) is 70.5. The quantitative estimate of drug-likeness (QED) is 0.107. The van der Waals surface area contributed by atoms with Gasteiger partial charge in [0.25, 0.3) is 0 Å². The van der Waals surface area contributed by atoms with Crippen molar-refractivity contribution in [2.45, 2.75) is 75.1 Å². The lowest BCUT2D eigenvalue weighted by Gasteiger charge is -2.41. The minimum Gasteiger partial charge on any atom is -0.504 e. The van der Waals surface area contributed by atoms with Crippen LogP contribution in [0, 0.1) is 0 Å². The molecular weight excluding hydrogens is 496 g/mol. The average Bonchev–Trinajstić information content (AvgIpc) is 3.16. The van der Waals surface area contributed by atoms with Crippen molar-refractivity contribution in [2.24, 2.45) is 0 Å². The number of aliphatic hydroxyl groups is 5. The fourth-order valence-electron chi connectivity index (χ4n) is 3.66. The van der Waals surface area contributed by atoms with E-state index in [0.29, 0.717) is 12.0 Å². The van der Waals surface area contributed by atoms with Gasteiger partial charge in [-0.1, -0.05) is 13.0 Å². The number of esters is 1. The summed E-state index contributed by atoms with van der Waals surface area (Å²) in [5.41, 5.74) is -1.58. The van der Waals surface area contributed by atoms with Crippen molar-refractivity contribution in [2.75, 3.05) is 19.8 Å². The molecule has 1 aromatic rings. The van der Waals surface area contributed by atoms with Crippen molar-refractivity contribution in [1.82, 2.24) is 0 Å². The number of phenolic OH excluding ortho intramolecular Hbond substituents is 2. The lowest BCUT2D eigenvalue weighted by atomic mass is 9.99. The number of hydrogen-bond donors (Lipinski definition) is 7. The van der Waals surface area contributed by atoms with E-state index < -0.39 is 67.9 Å². The Morgan fingerprint density at radius 2 is 1.86 bits per heavy atom. The van der Waals surface area contributed by atoms with Crippen LogP contribution in [0.1, 0.15) is 25.8 Å². The summed E-state index contributed by atoms with van der Waals surface area (Å²) in [4.78, 5) is 12.0. The van der Waals surface area contributed by atoms with E-state index in [-0.39, 0.29) is 24.2 Å². The Bertz CT molecular complexity index is 939. The fraction of sp³-hybridized carbons (Fsp3) is 0.625. The van der Waals surface area contributed by atoms with E-state index in [2.05, 4.69) is 0 Å². The highest BCUT2D eigenvalue weighted by atomic mass is 16.7. The first-order valence-electron chi connectivity index (χ1n) is 11.8. The Labute approximate surface area is 213 Å². The van der Waals surface area contributed by atoms with Crippen molar-refractivity contribution in [3.05, 3.63) is 29.8 Å². The molecule has 1 aromatic carbocycles. The molecule has 7 N–H and O–H groups in total. The minimum atomic E-state index is -1.99. The lowest BCUT2D eigenvalue weighted by molar-refractivity contribution is -0.317. The van der Waals surface area contributed by atoms with Crippen LogP contribution in [0.5, 0.6) is 11.5 Å². The highest BCUT2D eigenvalue weighted by Gasteiger charge is 2.51. The molecular formula is C24H34O13. The summed E-state index contributed by atoms with van der Waals surface area (Å²) < 4.78 is 26.8. The number of hydrogen-bond acceptors (Lipinski definition) is 13. The van der Waals surface area contributed by atoms with E-state index >= 15 is 0 Å². The number of carbonyl (C=O) groups is 1. The molecule has 13 heteroatoms. The van der Waals surface area contributed by atoms with E-state index in [9.17, 15) is 40.5 Å². The van der Waals surface area contributed by atoms with Gasteiger partial charge in [0.15, 0.2) is 29.7 Å². The SMILES string of the molecule is CC[C@H](C)O[C@@H]1O[C@H](CO[C@@H]2OC[C@](O)(COC(=O)/C=C/c3ccc(O)c(O)c3)[C@H]2O)[C@@H](O)[C@H](O)[C@H]1O. The third-order valence-corrected chi connectivity index (χ3v) is 6.22. The highest BCUT2D eigenvalue weighted by Crippen LogP contribution is 2.29. The van der Waals surface area contributed by atoms with Crippen LogP contribution in [0.15, 0.2) is 24.3 Å². The first-order valence-corrected chi connectivity index (χ1v) is 11.8. The summed E-state index contributed by atoms with van der Waals surface area (Å²) in [6, 6.07) is 3.93. The fourth-order valence-corrected chi connectivity index (χ4v) is 3.66. The number of aromatic hydroxyl groups is 2. The van der Waals surface area contributed by atoms with Gasteiger partial charge in [-0.05, 0) is 37.1 Å². The predicted molar refractivity (Wildman–Crippen MR) is 124 cm³/mol. The molecule has 0 spiro atoms. The van der Waals surface area contributed by atoms with Gasteiger partial charge in [-0.3, -0.25) is 0 Å². The molecule has 208 valence electrons. The monoisotopic (exact) mass is 530 g/mol. The van der Waals surface area contributed by atoms with Crippen molar-refractivity contribution < 1.29 is 64.2 Å². The van der Waals surface area contributed by atoms with Crippen LogP contribution in [-0.4, -0.2) is 116 Å². The first-order chi connectivity index (χ1) is 17.4. The topological polar surface area (TPSA) is 205 Å². The number of ether oxygens (including phenoxy) is 5. The van der Waals surface area contributed by atoms with Gasteiger partial charge in [-0.15, -0.1) is 0 Å². The highest BCUT2D eigenvalue weighted by molar-refractivity contribution is 5.87. The molecule has 9 atom stereocenters. The number of aliphatic hydroxyl groups excluding tert-OH is 4. The summed E-state index contributed by atoms with van der Waals surface area (Å²) >= 11 is 0. The van der Waals surface area contributed by atoms with Gasteiger partial charge in [0, 0.05) is 6.08 Å². The van der Waals surface area contributed by atoms with Crippen LogP contribution >= 0.6 is 0 Å². The van der Waals surface area contributed by atoms with E-state index in [1.54, 1.807) is 6.92 Å². The van der Waals surface area contributed by atoms with Gasteiger partial charge < -0.3 is 59.4 Å². The minimum absolute atomic E-state index is 0.288. The van der Waals surface area contributed by atoms with Crippen LogP contribution in [0.2, 0.25) is 0 Å². The van der Waals surface area contributed by atoms with Crippen LogP contribution in [0.3, 0.4) is 0 Å². The molecule has 2 aliphatic rings. The van der Waals surface area contributed by atoms with Crippen LogP contribution < -0.4 is 0 Å². The average molecular weight is 531 g/mol. The van der Waals surface area contributed by atoms with Crippen LogP contribution in [-0.2, 0) is 28.5 Å². The molecule has 37 heavy (non-hydrogen) atoms. The maximum absolute atomic E-state index is 12.0. The molecule has 2 heterocycles. The first kappa shape index (κ1) is 29.2. The van der Waals surface area contributed by atoms with Crippen molar-refractivity contribution >= 4 is 12.0 Å². The standard InChI is InChI=1S/C24H34O13/c1-3-12(2)36-22-20(30)19(29)18(28)16(37-22)9-33-23-21(31)24(32,11-35-23)10-34-17(27)7-5-13-4-6-14(25)15(26)8-13/h4-8,12,16,18-23,25-26,28-32H,3,9-11H2,1-2H3/b7-5+/t12-,16+,18+,19-,20+,21-,22+,23+,24+/m0/s1. The second-order valence-electron chi connectivity index (χ2n) is 9.12. The Hall–Kier alpha value is -2.33. The van der Waals surface area contributed by atoms with Gasteiger partial charge in [-0.25, -0.2) is 4.79 Å². The second-order valence-corrected chi connectivity index (χ2v) is 9.12. The van der Waals surface area contributed by atoms with Gasteiger partial charge in [-0.2, -0.15) is 0 Å². The molecule has 2 saturated heterocycles.